The van der Waals surface area contributed by atoms with Gasteiger partial charge in [0, 0.05) is 23.8 Å². The smallest absolute Gasteiger partial charge is 0.257 e. The van der Waals surface area contributed by atoms with Crippen molar-refractivity contribution in [2.24, 2.45) is 0 Å². The van der Waals surface area contributed by atoms with Crippen LogP contribution in [0.4, 0.5) is 5.69 Å². The van der Waals surface area contributed by atoms with Gasteiger partial charge in [0.05, 0.1) is 17.2 Å². The molecule has 4 rings (SSSR count). The van der Waals surface area contributed by atoms with Crippen LogP contribution in [0.2, 0.25) is 0 Å². The van der Waals surface area contributed by atoms with Crippen LogP contribution in [0.5, 0.6) is 0 Å². The van der Waals surface area contributed by atoms with Gasteiger partial charge in [0.15, 0.2) is 0 Å². The summed E-state index contributed by atoms with van der Waals surface area (Å²) in [7, 11) is 0. The second-order valence-corrected chi connectivity index (χ2v) is 7.41. The number of para-hydroxylation sites is 1. The van der Waals surface area contributed by atoms with Crippen LogP contribution < -0.4 is 10.6 Å². The van der Waals surface area contributed by atoms with E-state index in [1.54, 1.807) is 12.3 Å². The monoisotopic (exact) mass is 411 g/mol. The Morgan fingerprint density at radius 1 is 0.903 bits per heavy atom. The maximum absolute atomic E-state index is 12.7. The van der Waals surface area contributed by atoms with Crippen LogP contribution in [0.15, 0.2) is 91.1 Å². The van der Waals surface area contributed by atoms with Crippen molar-refractivity contribution in [1.29, 1.82) is 0 Å². The third-order valence-corrected chi connectivity index (χ3v) is 5.20. The molecule has 1 amide bonds. The molecule has 0 aliphatic heterocycles. The molecule has 5 nitrogen and oxygen atoms in total. The summed E-state index contributed by atoms with van der Waals surface area (Å²) in [6, 6.07) is 26.9. The molecule has 0 aliphatic carbocycles. The van der Waals surface area contributed by atoms with E-state index in [9.17, 15) is 9.90 Å². The first-order valence-electron chi connectivity index (χ1n) is 10.4. The Balaban J connectivity index is 1.28. The molecule has 1 atom stereocenters. The van der Waals surface area contributed by atoms with Gasteiger partial charge in [0.2, 0.25) is 0 Å². The molecule has 1 aromatic heterocycles. The SMILES string of the molecule is O=C(Nc1ccc(CCNCC(O)c2ccccc2)cc1)c1cccc2cccnc12. The van der Waals surface area contributed by atoms with Gasteiger partial charge in [-0.05, 0) is 48.4 Å². The van der Waals surface area contributed by atoms with E-state index in [0.29, 0.717) is 17.6 Å². The zero-order chi connectivity index (χ0) is 21.5. The zero-order valence-corrected chi connectivity index (χ0v) is 17.2. The number of aliphatic hydroxyl groups excluding tert-OH is 1. The topological polar surface area (TPSA) is 74.2 Å². The quantitative estimate of drug-likeness (QED) is 0.377. The summed E-state index contributed by atoms with van der Waals surface area (Å²) < 4.78 is 0. The lowest BCUT2D eigenvalue weighted by atomic mass is 10.1. The van der Waals surface area contributed by atoms with E-state index in [1.807, 2.05) is 78.9 Å². The molecule has 3 aromatic carbocycles. The highest BCUT2D eigenvalue weighted by Gasteiger charge is 2.11. The molecular weight excluding hydrogens is 386 g/mol. The van der Waals surface area contributed by atoms with E-state index in [4.69, 9.17) is 0 Å². The number of hydrogen-bond donors (Lipinski definition) is 3. The fourth-order valence-corrected chi connectivity index (χ4v) is 3.51. The summed E-state index contributed by atoms with van der Waals surface area (Å²) >= 11 is 0. The summed E-state index contributed by atoms with van der Waals surface area (Å²) in [6.45, 7) is 1.27. The minimum Gasteiger partial charge on any atom is -0.387 e. The third-order valence-electron chi connectivity index (χ3n) is 5.20. The number of carbonyl (C=O) groups excluding carboxylic acids is 1. The van der Waals surface area contributed by atoms with Crippen LogP contribution >= 0.6 is 0 Å². The Morgan fingerprint density at radius 3 is 2.48 bits per heavy atom. The van der Waals surface area contributed by atoms with Gasteiger partial charge in [0.1, 0.15) is 0 Å². The lowest BCUT2D eigenvalue weighted by Gasteiger charge is -2.12. The highest BCUT2D eigenvalue weighted by Crippen LogP contribution is 2.18. The van der Waals surface area contributed by atoms with Crippen LogP contribution in [-0.4, -0.2) is 29.1 Å². The van der Waals surface area contributed by atoms with Crippen molar-refractivity contribution in [3.63, 3.8) is 0 Å². The Bertz CT molecular complexity index is 1140. The number of pyridine rings is 1. The molecule has 5 heteroatoms. The van der Waals surface area contributed by atoms with Gasteiger partial charge in [-0.15, -0.1) is 0 Å². The highest BCUT2D eigenvalue weighted by atomic mass is 16.3. The second-order valence-electron chi connectivity index (χ2n) is 7.41. The van der Waals surface area contributed by atoms with E-state index in [2.05, 4.69) is 15.6 Å². The maximum Gasteiger partial charge on any atom is 0.257 e. The maximum atomic E-state index is 12.7. The van der Waals surface area contributed by atoms with Crippen LogP contribution in [0.3, 0.4) is 0 Å². The van der Waals surface area contributed by atoms with Gasteiger partial charge >= 0.3 is 0 Å². The molecule has 0 saturated heterocycles. The first-order valence-corrected chi connectivity index (χ1v) is 10.4. The lowest BCUT2D eigenvalue weighted by Crippen LogP contribution is -2.23. The number of anilines is 1. The molecule has 0 fully saturated rings. The molecule has 156 valence electrons. The standard InChI is InChI=1S/C26H25N3O2/c30-24(20-6-2-1-3-7-20)18-27-17-15-19-11-13-22(14-12-19)29-26(31)23-10-4-8-21-9-5-16-28-25(21)23/h1-14,16,24,27,30H,15,17-18H2,(H,29,31). The predicted molar refractivity (Wildman–Crippen MR) is 124 cm³/mol. The van der Waals surface area contributed by atoms with Crippen molar-refractivity contribution in [3.8, 4) is 0 Å². The number of carbonyl (C=O) groups is 1. The van der Waals surface area contributed by atoms with E-state index >= 15 is 0 Å². The molecular formula is C26H25N3O2. The number of aromatic nitrogens is 1. The van der Waals surface area contributed by atoms with Crippen LogP contribution in [0.25, 0.3) is 10.9 Å². The Hall–Kier alpha value is -3.54. The molecule has 3 N–H and O–H groups in total. The molecule has 0 aliphatic rings. The van der Waals surface area contributed by atoms with Crippen molar-refractivity contribution in [1.82, 2.24) is 10.3 Å². The summed E-state index contributed by atoms with van der Waals surface area (Å²) in [6.07, 6.45) is 2.02. The minimum atomic E-state index is -0.512. The van der Waals surface area contributed by atoms with Crippen molar-refractivity contribution < 1.29 is 9.90 Å². The van der Waals surface area contributed by atoms with Crippen molar-refractivity contribution in [2.45, 2.75) is 12.5 Å². The van der Waals surface area contributed by atoms with E-state index in [-0.39, 0.29) is 5.91 Å². The fraction of sp³-hybridized carbons (Fsp3) is 0.154. The molecule has 4 aromatic rings. The number of fused-ring (bicyclic) bond motifs is 1. The van der Waals surface area contributed by atoms with Crippen LogP contribution in [-0.2, 0) is 6.42 Å². The largest absolute Gasteiger partial charge is 0.387 e. The number of amides is 1. The number of benzene rings is 3. The molecule has 1 heterocycles. The number of aliphatic hydroxyl groups is 1. The predicted octanol–water partition coefficient (Wildman–Crippen LogP) is 4.35. The number of rotatable bonds is 8. The minimum absolute atomic E-state index is 0.173. The van der Waals surface area contributed by atoms with E-state index < -0.39 is 6.10 Å². The number of nitrogens with one attached hydrogen (secondary N) is 2. The average molecular weight is 412 g/mol. The Labute approximate surface area is 181 Å². The molecule has 1 unspecified atom stereocenters. The Morgan fingerprint density at radius 2 is 1.68 bits per heavy atom. The van der Waals surface area contributed by atoms with E-state index in [1.165, 1.54) is 0 Å². The van der Waals surface area contributed by atoms with Crippen molar-refractivity contribution in [3.05, 3.63) is 108 Å². The molecule has 0 radical (unpaired) electrons. The third kappa shape index (κ3) is 5.34. The van der Waals surface area contributed by atoms with Gasteiger partial charge < -0.3 is 15.7 Å². The molecule has 0 bridgehead atoms. The number of hydrogen-bond acceptors (Lipinski definition) is 4. The van der Waals surface area contributed by atoms with Crippen molar-refractivity contribution >= 4 is 22.5 Å². The Kier molecular flexibility index (Phi) is 6.67. The van der Waals surface area contributed by atoms with Crippen molar-refractivity contribution in [2.75, 3.05) is 18.4 Å². The average Bonchev–Trinajstić information content (AvgIpc) is 2.83. The summed E-state index contributed by atoms with van der Waals surface area (Å²) in [5.41, 5.74) is 4.07. The summed E-state index contributed by atoms with van der Waals surface area (Å²) in [5, 5.41) is 17.4. The first-order chi connectivity index (χ1) is 15.2. The molecule has 0 spiro atoms. The second kappa shape index (κ2) is 9.98. The van der Waals surface area contributed by atoms with Gasteiger partial charge in [-0.3, -0.25) is 9.78 Å². The molecule has 0 saturated carbocycles. The van der Waals surface area contributed by atoms with Crippen LogP contribution in [0.1, 0.15) is 27.6 Å². The normalized spacial score (nSPS) is 11.9. The summed E-state index contributed by atoms with van der Waals surface area (Å²) in [5.74, 6) is -0.173. The van der Waals surface area contributed by atoms with Gasteiger partial charge in [-0.1, -0.05) is 60.7 Å². The van der Waals surface area contributed by atoms with Gasteiger partial charge in [-0.25, -0.2) is 0 Å². The highest BCUT2D eigenvalue weighted by molar-refractivity contribution is 6.11. The summed E-state index contributed by atoms with van der Waals surface area (Å²) in [4.78, 5) is 17.1. The van der Waals surface area contributed by atoms with Gasteiger partial charge in [-0.2, -0.15) is 0 Å². The van der Waals surface area contributed by atoms with E-state index in [0.717, 1.165) is 35.2 Å². The van der Waals surface area contributed by atoms with Gasteiger partial charge in [0.25, 0.3) is 5.91 Å². The first kappa shape index (κ1) is 20.7. The van der Waals surface area contributed by atoms with Crippen LogP contribution in [0, 0.1) is 0 Å². The lowest BCUT2D eigenvalue weighted by molar-refractivity contribution is 0.102. The number of nitrogens with zero attached hydrogens (tertiary/aromatic N) is 1. The fourth-order valence-electron chi connectivity index (χ4n) is 3.51. The zero-order valence-electron chi connectivity index (χ0n) is 17.2. The molecule has 31 heavy (non-hydrogen) atoms.